The minimum Gasteiger partial charge on any atom is -0.0870 e. The molecule has 0 heterocycles. The summed E-state index contributed by atoms with van der Waals surface area (Å²) in [5.41, 5.74) is 0.887. The SMILES string of the molecule is CC=Cc1c(Cl)cccc1Cl. The van der Waals surface area contributed by atoms with E-state index in [1.165, 1.54) is 0 Å². The smallest absolute Gasteiger partial charge is 0.0493 e. The summed E-state index contributed by atoms with van der Waals surface area (Å²) in [4.78, 5) is 0. The predicted molar refractivity (Wildman–Crippen MR) is 51.2 cm³/mol. The molecule has 0 nitrogen and oxygen atoms in total. The summed E-state index contributed by atoms with van der Waals surface area (Å²) in [6.07, 6.45) is 3.80. The maximum absolute atomic E-state index is 5.87. The quantitative estimate of drug-likeness (QED) is 0.622. The fourth-order valence-electron chi connectivity index (χ4n) is 0.837. The van der Waals surface area contributed by atoms with Gasteiger partial charge in [0.15, 0.2) is 0 Å². The summed E-state index contributed by atoms with van der Waals surface area (Å²) in [7, 11) is 0. The highest BCUT2D eigenvalue weighted by Gasteiger charge is 1.99. The van der Waals surface area contributed by atoms with Crippen molar-refractivity contribution >= 4 is 29.3 Å². The second-order valence-electron chi connectivity index (χ2n) is 2.14. The standard InChI is InChI=1S/C9H8Cl2/c1-2-4-7-8(10)5-3-6-9(7)11/h2-6H,1H3. The van der Waals surface area contributed by atoms with Gasteiger partial charge in [0, 0.05) is 15.6 Å². The molecule has 2 heteroatoms. The summed E-state index contributed by atoms with van der Waals surface area (Å²) in [6, 6.07) is 5.48. The van der Waals surface area contributed by atoms with Crippen molar-refractivity contribution in [3.63, 3.8) is 0 Å². The Kier molecular flexibility index (Phi) is 2.98. The molecule has 0 spiro atoms. The van der Waals surface area contributed by atoms with Crippen LogP contribution in [0.2, 0.25) is 10.0 Å². The number of hydrogen-bond acceptors (Lipinski definition) is 0. The van der Waals surface area contributed by atoms with Gasteiger partial charge in [-0.05, 0) is 19.1 Å². The predicted octanol–water partition coefficient (Wildman–Crippen LogP) is 4.03. The van der Waals surface area contributed by atoms with Crippen molar-refractivity contribution in [1.82, 2.24) is 0 Å². The Hall–Kier alpha value is -0.460. The average Bonchev–Trinajstić information content (AvgIpc) is 1.97. The van der Waals surface area contributed by atoms with E-state index in [9.17, 15) is 0 Å². The van der Waals surface area contributed by atoms with E-state index < -0.39 is 0 Å². The Morgan fingerprint density at radius 1 is 1.18 bits per heavy atom. The van der Waals surface area contributed by atoms with E-state index in [0.717, 1.165) is 5.56 Å². The summed E-state index contributed by atoms with van der Waals surface area (Å²) < 4.78 is 0. The third-order valence-electron chi connectivity index (χ3n) is 1.33. The lowest BCUT2D eigenvalue weighted by Gasteiger charge is -1.99. The zero-order valence-electron chi connectivity index (χ0n) is 6.14. The molecule has 58 valence electrons. The molecule has 1 aromatic rings. The van der Waals surface area contributed by atoms with Crippen LogP contribution in [0, 0.1) is 0 Å². The lowest BCUT2D eigenvalue weighted by Crippen LogP contribution is -1.75. The summed E-state index contributed by atoms with van der Waals surface area (Å²) in [5, 5.41) is 1.38. The van der Waals surface area contributed by atoms with E-state index in [-0.39, 0.29) is 0 Å². The second-order valence-corrected chi connectivity index (χ2v) is 2.95. The first-order chi connectivity index (χ1) is 5.25. The van der Waals surface area contributed by atoms with E-state index in [2.05, 4.69) is 0 Å². The van der Waals surface area contributed by atoms with Crippen molar-refractivity contribution in [1.29, 1.82) is 0 Å². The Morgan fingerprint density at radius 2 is 1.73 bits per heavy atom. The molecule has 0 aromatic heterocycles. The Labute approximate surface area is 76.4 Å². The van der Waals surface area contributed by atoms with Crippen LogP contribution in [0.3, 0.4) is 0 Å². The van der Waals surface area contributed by atoms with Crippen LogP contribution in [-0.2, 0) is 0 Å². The maximum Gasteiger partial charge on any atom is 0.0493 e. The summed E-state index contributed by atoms with van der Waals surface area (Å²) in [6.45, 7) is 1.93. The van der Waals surface area contributed by atoms with Gasteiger partial charge in [0.05, 0.1) is 0 Å². The second kappa shape index (κ2) is 3.80. The average molecular weight is 187 g/mol. The van der Waals surface area contributed by atoms with Crippen molar-refractivity contribution in [2.24, 2.45) is 0 Å². The van der Waals surface area contributed by atoms with E-state index in [0.29, 0.717) is 10.0 Å². The van der Waals surface area contributed by atoms with Gasteiger partial charge in [-0.1, -0.05) is 41.4 Å². The third kappa shape index (κ3) is 1.98. The monoisotopic (exact) mass is 186 g/mol. The first kappa shape index (κ1) is 8.63. The van der Waals surface area contributed by atoms with Crippen LogP contribution >= 0.6 is 23.2 Å². The Bertz CT molecular complexity index is 257. The molecule has 0 aliphatic carbocycles. The van der Waals surface area contributed by atoms with Gasteiger partial charge in [-0.2, -0.15) is 0 Å². The fourth-order valence-corrected chi connectivity index (χ4v) is 1.36. The number of hydrogen-bond donors (Lipinski definition) is 0. The first-order valence-electron chi connectivity index (χ1n) is 3.32. The Morgan fingerprint density at radius 3 is 2.18 bits per heavy atom. The van der Waals surface area contributed by atoms with Crippen molar-refractivity contribution in [3.8, 4) is 0 Å². The van der Waals surface area contributed by atoms with Crippen LogP contribution in [0.5, 0.6) is 0 Å². The maximum atomic E-state index is 5.87. The Balaban J connectivity index is 3.20. The van der Waals surface area contributed by atoms with Gasteiger partial charge < -0.3 is 0 Å². The summed E-state index contributed by atoms with van der Waals surface area (Å²) >= 11 is 11.7. The van der Waals surface area contributed by atoms with Gasteiger partial charge >= 0.3 is 0 Å². The largest absolute Gasteiger partial charge is 0.0870 e. The van der Waals surface area contributed by atoms with Crippen LogP contribution in [-0.4, -0.2) is 0 Å². The molecule has 0 N–H and O–H groups in total. The van der Waals surface area contributed by atoms with Crippen LogP contribution in [0.4, 0.5) is 0 Å². The van der Waals surface area contributed by atoms with Crippen LogP contribution in [0.15, 0.2) is 24.3 Å². The van der Waals surface area contributed by atoms with Crippen LogP contribution in [0.25, 0.3) is 6.08 Å². The zero-order valence-corrected chi connectivity index (χ0v) is 7.65. The highest BCUT2D eigenvalue weighted by atomic mass is 35.5. The molecule has 0 radical (unpaired) electrons. The summed E-state index contributed by atoms with van der Waals surface area (Å²) in [5.74, 6) is 0. The minimum absolute atomic E-state index is 0.690. The number of benzene rings is 1. The van der Waals surface area contributed by atoms with Gasteiger partial charge in [-0.15, -0.1) is 0 Å². The molecule has 11 heavy (non-hydrogen) atoms. The van der Waals surface area contributed by atoms with E-state index in [1.807, 2.05) is 37.3 Å². The number of halogens is 2. The molecule has 0 aliphatic rings. The molecule has 0 saturated heterocycles. The number of allylic oxidation sites excluding steroid dienone is 1. The molecule has 0 atom stereocenters. The highest BCUT2D eigenvalue weighted by Crippen LogP contribution is 2.25. The van der Waals surface area contributed by atoms with Crippen LogP contribution < -0.4 is 0 Å². The fraction of sp³-hybridized carbons (Fsp3) is 0.111. The van der Waals surface area contributed by atoms with Gasteiger partial charge in [-0.3, -0.25) is 0 Å². The third-order valence-corrected chi connectivity index (χ3v) is 1.99. The lowest BCUT2D eigenvalue weighted by atomic mass is 10.2. The molecular formula is C9H8Cl2. The van der Waals surface area contributed by atoms with Crippen molar-refractivity contribution in [3.05, 3.63) is 39.9 Å². The van der Waals surface area contributed by atoms with Crippen LogP contribution in [0.1, 0.15) is 12.5 Å². The normalized spacial score (nSPS) is 10.8. The van der Waals surface area contributed by atoms with Gasteiger partial charge in [0.1, 0.15) is 0 Å². The zero-order chi connectivity index (χ0) is 8.27. The molecule has 0 fully saturated rings. The molecule has 1 aromatic carbocycles. The lowest BCUT2D eigenvalue weighted by molar-refractivity contribution is 1.64. The van der Waals surface area contributed by atoms with E-state index >= 15 is 0 Å². The molecule has 0 bridgehead atoms. The first-order valence-corrected chi connectivity index (χ1v) is 4.08. The minimum atomic E-state index is 0.690. The van der Waals surface area contributed by atoms with Gasteiger partial charge in [0.2, 0.25) is 0 Å². The van der Waals surface area contributed by atoms with Gasteiger partial charge in [0.25, 0.3) is 0 Å². The highest BCUT2D eigenvalue weighted by molar-refractivity contribution is 6.37. The van der Waals surface area contributed by atoms with Crippen molar-refractivity contribution in [2.45, 2.75) is 6.92 Å². The van der Waals surface area contributed by atoms with Crippen molar-refractivity contribution < 1.29 is 0 Å². The molecule has 0 saturated carbocycles. The van der Waals surface area contributed by atoms with Crippen molar-refractivity contribution in [2.75, 3.05) is 0 Å². The molecule has 0 amide bonds. The molecular weight excluding hydrogens is 179 g/mol. The molecule has 0 aliphatic heterocycles. The topological polar surface area (TPSA) is 0 Å². The number of rotatable bonds is 1. The van der Waals surface area contributed by atoms with Gasteiger partial charge in [-0.25, -0.2) is 0 Å². The molecule has 1 rings (SSSR count). The van der Waals surface area contributed by atoms with E-state index in [1.54, 1.807) is 0 Å². The van der Waals surface area contributed by atoms with E-state index in [4.69, 9.17) is 23.2 Å². The molecule has 0 unspecified atom stereocenters.